The summed E-state index contributed by atoms with van der Waals surface area (Å²) in [6, 6.07) is 4.20. The van der Waals surface area contributed by atoms with E-state index >= 15 is 0 Å². The topological polar surface area (TPSA) is 38.0 Å². The lowest BCUT2D eigenvalue weighted by atomic mass is 9.95. The van der Waals surface area contributed by atoms with Gasteiger partial charge in [-0.25, -0.2) is 0 Å². The summed E-state index contributed by atoms with van der Waals surface area (Å²) in [5.74, 6) is 0. The number of nitrogens with zero attached hydrogens (tertiary/aromatic N) is 2. The fourth-order valence-corrected chi connectivity index (χ4v) is 2.91. The van der Waals surface area contributed by atoms with E-state index in [0.717, 1.165) is 29.1 Å². The van der Waals surface area contributed by atoms with Crippen LogP contribution in [0.1, 0.15) is 46.7 Å². The van der Waals surface area contributed by atoms with E-state index in [0.29, 0.717) is 11.4 Å². The van der Waals surface area contributed by atoms with Crippen LogP contribution in [0.15, 0.2) is 12.1 Å². The Morgan fingerprint density at radius 1 is 1.14 bits per heavy atom. The number of halogens is 1. The smallest absolute Gasteiger partial charge is 0.0848 e. The molecule has 114 valence electrons. The Morgan fingerprint density at radius 3 is 2.38 bits per heavy atom. The second-order valence-corrected chi connectivity index (χ2v) is 6.05. The highest BCUT2D eigenvalue weighted by Crippen LogP contribution is 2.28. The van der Waals surface area contributed by atoms with Crippen molar-refractivity contribution in [2.75, 3.05) is 0 Å². The molecule has 1 unspecified atom stereocenters. The van der Waals surface area contributed by atoms with E-state index in [1.165, 1.54) is 11.1 Å². The van der Waals surface area contributed by atoms with Gasteiger partial charge in [-0.15, -0.1) is 0 Å². The van der Waals surface area contributed by atoms with Crippen LogP contribution in [0.5, 0.6) is 0 Å². The summed E-state index contributed by atoms with van der Waals surface area (Å²) in [5, 5.41) is 15.7. The van der Waals surface area contributed by atoms with Crippen LogP contribution in [-0.4, -0.2) is 14.9 Å². The van der Waals surface area contributed by atoms with Crippen LogP contribution in [0, 0.1) is 27.7 Å². The first-order valence-corrected chi connectivity index (χ1v) is 7.70. The van der Waals surface area contributed by atoms with Gasteiger partial charge in [-0.05, 0) is 56.9 Å². The lowest BCUT2D eigenvalue weighted by Gasteiger charge is -2.17. The Kier molecular flexibility index (Phi) is 4.74. The molecule has 3 nitrogen and oxygen atoms in total. The molecule has 0 spiro atoms. The maximum absolute atomic E-state index is 10.6. The molecular weight excluding hydrogens is 284 g/mol. The average Bonchev–Trinajstić information content (AvgIpc) is 2.70. The van der Waals surface area contributed by atoms with Gasteiger partial charge in [0.25, 0.3) is 0 Å². The lowest BCUT2D eigenvalue weighted by molar-refractivity contribution is 0.174. The van der Waals surface area contributed by atoms with Crippen LogP contribution >= 0.6 is 11.6 Å². The second-order valence-electron chi connectivity index (χ2n) is 5.67. The third-order valence-electron chi connectivity index (χ3n) is 4.08. The van der Waals surface area contributed by atoms with E-state index in [9.17, 15) is 5.11 Å². The van der Waals surface area contributed by atoms with Crippen LogP contribution in [0.4, 0.5) is 0 Å². The molecule has 0 aliphatic heterocycles. The molecule has 0 aliphatic carbocycles. The third-order valence-corrected chi connectivity index (χ3v) is 4.57. The van der Waals surface area contributed by atoms with Crippen LogP contribution in [-0.2, 0) is 13.0 Å². The average molecular weight is 307 g/mol. The highest BCUT2D eigenvalue weighted by Gasteiger charge is 2.19. The van der Waals surface area contributed by atoms with Crippen molar-refractivity contribution in [2.45, 2.75) is 53.7 Å². The lowest BCUT2D eigenvalue weighted by Crippen LogP contribution is -2.10. The largest absolute Gasteiger partial charge is 0.388 e. The van der Waals surface area contributed by atoms with Crippen molar-refractivity contribution in [1.29, 1.82) is 0 Å². The molecule has 0 bridgehead atoms. The molecular formula is C17H23ClN2O. The third kappa shape index (κ3) is 3.14. The fourth-order valence-electron chi connectivity index (χ4n) is 2.70. The van der Waals surface area contributed by atoms with E-state index in [1.54, 1.807) is 0 Å². The number of benzene rings is 1. The number of aryl methyl sites for hydroxylation is 5. The highest BCUT2D eigenvalue weighted by molar-refractivity contribution is 6.31. The van der Waals surface area contributed by atoms with Crippen molar-refractivity contribution in [2.24, 2.45) is 0 Å². The monoisotopic (exact) mass is 306 g/mol. The summed E-state index contributed by atoms with van der Waals surface area (Å²) in [4.78, 5) is 0. The Morgan fingerprint density at radius 2 is 1.76 bits per heavy atom. The summed E-state index contributed by atoms with van der Waals surface area (Å²) in [6.07, 6.45) is -0.0835. The summed E-state index contributed by atoms with van der Waals surface area (Å²) in [7, 11) is 0. The number of aromatic nitrogens is 2. The van der Waals surface area contributed by atoms with Crippen LogP contribution < -0.4 is 0 Å². The first-order chi connectivity index (χ1) is 9.85. The first kappa shape index (κ1) is 16.1. The predicted molar refractivity (Wildman–Crippen MR) is 87.0 cm³/mol. The van der Waals surface area contributed by atoms with Crippen molar-refractivity contribution in [3.8, 4) is 0 Å². The Bertz CT molecular complexity index is 661. The van der Waals surface area contributed by atoms with E-state index in [-0.39, 0.29) is 0 Å². The van der Waals surface area contributed by atoms with Gasteiger partial charge in [0.2, 0.25) is 0 Å². The van der Waals surface area contributed by atoms with Crippen molar-refractivity contribution in [3.05, 3.63) is 50.8 Å². The number of aliphatic hydroxyl groups excluding tert-OH is 1. The number of hydrogen-bond donors (Lipinski definition) is 1. The van der Waals surface area contributed by atoms with E-state index in [1.807, 2.05) is 25.5 Å². The molecule has 1 aromatic carbocycles. The maximum Gasteiger partial charge on any atom is 0.0848 e. The zero-order valence-electron chi connectivity index (χ0n) is 13.4. The Hall–Kier alpha value is -1.32. The van der Waals surface area contributed by atoms with Gasteiger partial charge in [-0.3, -0.25) is 4.68 Å². The molecule has 2 aromatic rings. The van der Waals surface area contributed by atoms with E-state index in [2.05, 4.69) is 31.1 Å². The summed E-state index contributed by atoms with van der Waals surface area (Å²) < 4.78 is 1.87. The molecule has 2 rings (SSSR count). The van der Waals surface area contributed by atoms with Gasteiger partial charge >= 0.3 is 0 Å². The summed E-state index contributed by atoms with van der Waals surface area (Å²) >= 11 is 6.33. The van der Waals surface area contributed by atoms with Crippen LogP contribution in [0.25, 0.3) is 0 Å². The quantitative estimate of drug-likeness (QED) is 0.925. The van der Waals surface area contributed by atoms with Gasteiger partial charge in [0.1, 0.15) is 0 Å². The number of hydrogen-bond acceptors (Lipinski definition) is 2. The van der Waals surface area contributed by atoms with E-state index in [4.69, 9.17) is 11.6 Å². The van der Waals surface area contributed by atoms with Crippen molar-refractivity contribution in [1.82, 2.24) is 9.78 Å². The van der Waals surface area contributed by atoms with Gasteiger partial charge in [-0.2, -0.15) is 5.10 Å². The summed E-state index contributed by atoms with van der Waals surface area (Å²) in [6.45, 7) is 10.9. The Balaban J connectivity index is 2.34. The maximum atomic E-state index is 10.6. The SMILES string of the molecule is CCn1nc(C)c(Cl)c1CC(O)c1cc(C)c(C)cc1C. The molecule has 0 fully saturated rings. The van der Waals surface area contributed by atoms with Crippen LogP contribution in [0.2, 0.25) is 5.02 Å². The van der Waals surface area contributed by atoms with Crippen molar-refractivity contribution >= 4 is 11.6 Å². The minimum absolute atomic E-state index is 0.483. The zero-order valence-corrected chi connectivity index (χ0v) is 14.1. The van der Waals surface area contributed by atoms with Gasteiger partial charge in [0.05, 0.1) is 22.5 Å². The fraction of sp³-hybridized carbons (Fsp3) is 0.471. The minimum Gasteiger partial charge on any atom is -0.388 e. The van der Waals surface area contributed by atoms with E-state index < -0.39 is 6.10 Å². The molecule has 21 heavy (non-hydrogen) atoms. The first-order valence-electron chi connectivity index (χ1n) is 7.32. The zero-order chi connectivity index (χ0) is 15.7. The van der Waals surface area contributed by atoms with Gasteiger partial charge < -0.3 is 5.11 Å². The molecule has 1 aromatic heterocycles. The highest BCUT2D eigenvalue weighted by atomic mass is 35.5. The van der Waals surface area contributed by atoms with Crippen molar-refractivity contribution in [3.63, 3.8) is 0 Å². The molecule has 0 saturated heterocycles. The number of rotatable bonds is 4. The molecule has 4 heteroatoms. The molecule has 1 N–H and O–H groups in total. The number of aliphatic hydroxyl groups is 1. The van der Waals surface area contributed by atoms with Gasteiger partial charge in [0, 0.05) is 13.0 Å². The molecule has 1 atom stereocenters. The van der Waals surface area contributed by atoms with Gasteiger partial charge in [0.15, 0.2) is 0 Å². The second kappa shape index (κ2) is 6.20. The Labute approximate surface area is 131 Å². The molecule has 0 saturated carbocycles. The normalized spacial score (nSPS) is 12.7. The van der Waals surface area contributed by atoms with Gasteiger partial charge in [-0.1, -0.05) is 23.7 Å². The minimum atomic E-state index is -0.566. The standard InChI is InChI=1S/C17H23ClN2O/c1-6-20-15(17(18)13(5)19-20)9-16(21)14-8-11(3)10(2)7-12(14)4/h7-8,16,21H,6,9H2,1-5H3. The molecule has 0 amide bonds. The predicted octanol–water partition coefficient (Wildman–Crippen LogP) is 4.07. The summed E-state index contributed by atoms with van der Waals surface area (Å²) in [5.41, 5.74) is 6.24. The molecule has 0 aliphatic rings. The molecule has 0 radical (unpaired) electrons. The molecule has 1 heterocycles. The van der Waals surface area contributed by atoms with Crippen LogP contribution in [0.3, 0.4) is 0 Å². The van der Waals surface area contributed by atoms with Crippen molar-refractivity contribution < 1.29 is 5.11 Å².